The highest BCUT2D eigenvalue weighted by Gasteiger charge is 2.28. The van der Waals surface area contributed by atoms with E-state index in [0.717, 1.165) is 18.9 Å². The number of anilines is 2. The van der Waals surface area contributed by atoms with Gasteiger partial charge in [-0.1, -0.05) is 5.22 Å². The van der Waals surface area contributed by atoms with Crippen LogP contribution in [0.2, 0.25) is 0 Å². The molecule has 2 N–H and O–H groups in total. The highest BCUT2D eigenvalue weighted by Crippen LogP contribution is 2.38. The molecule has 216 valence electrons. The second kappa shape index (κ2) is 10.8. The zero-order valence-electron chi connectivity index (χ0n) is 22.1. The Morgan fingerprint density at radius 2 is 1.74 bits per heavy atom. The van der Waals surface area contributed by atoms with Gasteiger partial charge in [-0.3, -0.25) is 9.80 Å². The summed E-state index contributed by atoms with van der Waals surface area (Å²) in [5.41, 5.74) is 0.240. The van der Waals surface area contributed by atoms with Crippen molar-refractivity contribution in [3.05, 3.63) is 82.7 Å². The minimum absolute atomic E-state index is 0.0196. The molecule has 2 aliphatic rings. The number of carbonyl (C=O) groups is 1. The summed E-state index contributed by atoms with van der Waals surface area (Å²) in [6, 6.07) is 10.3. The van der Waals surface area contributed by atoms with Crippen LogP contribution in [0.4, 0.5) is 21.7 Å². The van der Waals surface area contributed by atoms with Crippen molar-refractivity contribution in [1.29, 1.82) is 0 Å². The molecular formula is C27H25FN8O5S. The zero-order chi connectivity index (χ0) is 29.4. The second-order valence-corrected chi connectivity index (χ2v) is 11.6. The number of carboxylic acids is 1. The van der Waals surface area contributed by atoms with E-state index in [1.165, 1.54) is 42.9 Å². The molecule has 2 aromatic heterocycles. The van der Waals surface area contributed by atoms with Crippen molar-refractivity contribution in [2.75, 3.05) is 35.8 Å². The Bertz CT molecular complexity index is 1850. The lowest BCUT2D eigenvalue weighted by molar-refractivity contribution is 0.0694. The fraction of sp³-hybridized carbons (Fsp3) is 0.259. The van der Waals surface area contributed by atoms with Crippen LogP contribution in [0.3, 0.4) is 0 Å². The molecule has 1 saturated heterocycles. The third kappa shape index (κ3) is 5.50. The Hall–Kier alpha value is -4.92. The summed E-state index contributed by atoms with van der Waals surface area (Å²) in [6.07, 6.45) is 5.95. The SMILES string of the molecule is O=C(O)c1cn(C2CC2)c2cc(N3CCN(N=Nc4ccc(S(=O)(=O)Nc5ncccn5)cc4)CC3)c(F)cc2c1=O. The highest BCUT2D eigenvalue weighted by atomic mass is 32.2. The molecule has 0 spiro atoms. The van der Waals surface area contributed by atoms with Crippen molar-refractivity contribution in [2.45, 2.75) is 23.8 Å². The molecule has 1 aliphatic carbocycles. The van der Waals surface area contributed by atoms with E-state index in [4.69, 9.17) is 0 Å². The van der Waals surface area contributed by atoms with Crippen molar-refractivity contribution in [2.24, 2.45) is 10.3 Å². The maximum atomic E-state index is 15.2. The van der Waals surface area contributed by atoms with Crippen LogP contribution in [0.15, 0.2) is 81.1 Å². The van der Waals surface area contributed by atoms with Crippen LogP contribution in [0.1, 0.15) is 29.2 Å². The molecule has 15 heteroatoms. The van der Waals surface area contributed by atoms with Gasteiger partial charge < -0.3 is 14.6 Å². The monoisotopic (exact) mass is 592 g/mol. The van der Waals surface area contributed by atoms with E-state index in [1.54, 1.807) is 21.7 Å². The second-order valence-electron chi connectivity index (χ2n) is 9.94. The van der Waals surface area contributed by atoms with Gasteiger partial charge in [0.25, 0.3) is 10.0 Å². The minimum atomic E-state index is -3.87. The number of pyridine rings is 1. The van der Waals surface area contributed by atoms with Crippen LogP contribution in [-0.2, 0) is 10.0 Å². The van der Waals surface area contributed by atoms with E-state index in [1.807, 2.05) is 4.90 Å². The first-order valence-corrected chi connectivity index (χ1v) is 14.6. The third-order valence-electron chi connectivity index (χ3n) is 7.09. The Morgan fingerprint density at radius 3 is 2.38 bits per heavy atom. The molecule has 0 atom stereocenters. The number of nitrogens with one attached hydrogen (secondary N) is 1. The summed E-state index contributed by atoms with van der Waals surface area (Å²) in [5.74, 6) is -1.96. The van der Waals surface area contributed by atoms with E-state index < -0.39 is 27.2 Å². The van der Waals surface area contributed by atoms with E-state index in [0.29, 0.717) is 43.1 Å². The molecular weight excluding hydrogens is 567 g/mol. The summed E-state index contributed by atoms with van der Waals surface area (Å²) in [5, 5.41) is 19.7. The summed E-state index contributed by atoms with van der Waals surface area (Å²) >= 11 is 0. The summed E-state index contributed by atoms with van der Waals surface area (Å²) in [4.78, 5) is 33.9. The van der Waals surface area contributed by atoms with Gasteiger partial charge in [-0.2, -0.15) is 0 Å². The van der Waals surface area contributed by atoms with Gasteiger partial charge in [0.2, 0.25) is 11.4 Å². The first-order chi connectivity index (χ1) is 20.2. The number of halogens is 1. The minimum Gasteiger partial charge on any atom is -0.477 e. The smallest absolute Gasteiger partial charge is 0.341 e. The number of hydrogen-bond acceptors (Lipinski definition) is 9. The van der Waals surface area contributed by atoms with Crippen molar-refractivity contribution in [1.82, 2.24) is 19.5 Å². The van der Waals surface area contributed by atoms with Crippen LogP contribution in [0, 0.1) is 5.82 Å². The van der Waals surface area contributed by atoms with Gasteiger partial charge in [0, 0.05) is 43.1 Å². The Labute approximate surface area is 239 Å². The zero-order valence-corrected chi connectivity index (χ0v) is 22.9. The van der Waals surface area contributed by atoms with E-state index in [2.05, 4.69) is 25.0 Å². The average Bonchev–Trinajstić information content (AvgIpc) is 3.83. The normalized spacial score (nSPS) is 15.8. The topological polar surface area (TPSA) is 162 Å². The predicted octanol–water partition coefficient (Wildman–Crippen LogP) is 3.59. The number of hydrogen-bond donors (Lipinski definition) is 2. The van der Waals surface area contributed by atoms with Crippen LogP contribution in [0.5, 0.6) is 0 Å². The van der Waals surface area contributed by atoms with Crippen LogP contribution in [-0.4, -0.2) is 65.2 Å². The maximum Gasteiger partial charge on any atom is 0.341 e. The number of fused-ring (bicyclic) bond motifs is 1. The molecule has 0 radical (unpaired) electrons. The van der Waals surface area contributed by atoms with Crippen molar-refractivity contribution in [3.8, 4) is 0 Å². The molecule has 1 saturated carbocycles. The summed E-state index contributed by atoms with van der Waals surface area (Å²) < 4.78 is 44.4. The largest absolute Gasteiger partial charge is 0.477 e. The quantitative estimate of drug-likeness (QED) is 0.291. The van der Waals surface area contributed by atoms with Crippen molar-refractivity contribution >= 4 is 44.2 Å². The van der Waals surface area contributed by atoms with E-state index in [-0.39, 0.29) is 27.8 Å². The average molecular weight is 593 g/mol. The number of benzene rings is 2. The summed E-state index contributed by atoms with van der Waals surface area (Å²) in [6.45, 7) is 1.77. The molecule has 3 heterocycles. The van der Waals surface area contributed by atoms with Gasteiger partial charge in [-0.15, -0.1) is 5.11 Å². The van der Waals surface area contributed by atoms with Crippen molar-refractivity contribution < 1.29 is 22.7 Å². The van der Waals surface area contributed by atoms with Gasteiger partial charge >= 0.3 is 5.97 Å². The fourth-order valence-corrected chi connectivity index (χ4v) is 5.73. The molecule has 13 nitrogen and oxygen atoms in total. The molecule has 2 aromatic carbocycles. The van der Waals surface area contributed by atoms with E-state index >= 15 is 4.39 Å². The number of carboxylic acid groups (broad SMARTS) is 1. The number of aromatic nitrogens is 3. The standard InChI is InChI=1S/C27H25FN8O5S/c28-22-14-20-23(36(18-4-5-18)16-21(25(20)37)26(38)39)15-24(22)34-10-12-35(13-11-34)33-31-17-2-6-19(7-3-17)42(40,41)32-27-29-8-1-9-30-27/h1-3,6-9,14-16,18H,4-5,10-13H2,(H,38,39)(H,29,30,32). The lowest BCUT2D eigenvalue weighted by Crippen LogP contribution is -2.44. The molecule has 0 bridgehead atoms. The first kappa shape index (κ1) is 27.3. The van der Waals surface area contributed by atoms with Crippen LogP contribution >= 0.6 is 0 Å². The molecule has 0 unspecified atom stereocenters. The first-order valence-electron chi connectivity index (χ1n) is 13.1. The number of piperazine rings is 1. The van der Waals surface area contributed by atoms with Crippen LogP contribution in [0.25, 0.3) is 10.9 Å². The molecule has 4 aromatic rings. The van der Waals surface area contributed by atoms with Gasteiger partial charge in [0.1, 0.15) is 11.4 Å². The molecule has 0 amide bonds. The molecule has 6 rings (SSSR count). The molecule has 2 fully saturated rings. The van der Waals surface area contributed by atoms with Gasteiger partial charge in [0.15, 0.2) is 0 Å². The van der Waals surface area contributed by atoms with Gasteiger partial charge in [0.05, 0.1) is 34.9 Å². The summed E-state index contributed by atoms with van der Waals surface area (Å²) in [7, 11) is -3.87. The number of rotatable bonds is 8. The Kier molecular flexibility index (Phi) is 7.02. The lowest BCUT2D eigenvalue weighted by atomic mass is 10.1. The fourth-order valence-electron chi connectivity index (χ4n) is 4.77. The third-order valence-corrected chi connectivity index (χ3v) is 8.44. The Balaban J connectivity index is 1.13. The van der Waals surface area contributed by atoms with Gasteiger partial charge in [-0.25, -0.2) is 32.3 Å². The lowest BCUT2D eigenvalue weighted by Gasteiger charge is -2.34. The maximum absolute atomic E-state index is 15.2. The molecule has 42 heavy (non-hydrogen) atoms. The number of sulfonamides is 1. The number of aromatic carboxylic acids is 1. The number of nitrogens with zero attached hydrogens (tertiary/aromatic N) is 7. The van der Waals surface area contributed by atoms with Crippen molar-refractivity contribution in [3.63, 3.8) is 0 Å². The predicted molar refractivity (Wildman–Crippen MR) is 151 cm³/mol. The van der Waals surface area contributed by atoms with Crippen LogP contribution < -0.4 is 15.1 Å². The van der Waals surface area contributed by atoms with E-state index in [9.17, 15) is 23.1 Å². The molecule has 1 aliphatic heterocycles. The Morgan fingerprint density at radius 1 is 1.05 bits per heavy atom. The highest BCUT2D eigenvalue weighted by molar-refractivity contribution is 7.92. The van der Waals surface area contributed by atoms with Gasteiger partial charge in [-0.05, 0) is 55.3 Å².